The predicted octanol–water partition coefficient (Wildman–Crippen LogP) is 3.31. The van der Waals surface area contributed by atoms with Gasteiger partial charge in [-0.3, -0.25) is 5.10 Å². The molecular weight excluding hydrogens is 484 g/mol. The van der Waals surface area contributed by atoms with Crippen LogP contribution in [0.2, 0.25) is 0 Å². The van der Waals surface area contributed by atoms with Gasteiger partial charge in [0, 0.05) is 31.8 Å². The van der Waals surface area contributed by atoms with E-state index in [2.05, 4.69) is 26.1 Å². The summed E-state index contributed by atoms with van der Waals surface area (Å²) in [6.07, 6.45) is 0.0931. The first-order valence-electron chi connectivity index (χ1n) is 11.8. The lowest BCUT2D eigenvalue weighted by Gasteiger charge is -2.25. The van der Waals surface area contributed by atoms with Gasteiger partial charge in [0.15, 0.2) is 11.6 Å². The molecule has 0 aliphatic carbocycles. The Labute approximate surface area is 212 Å². The second-order valence-corrected chi connectivity index (χ2v) is 8.83. The van der Waals surface area contributed by atoms with E-state index in [0.29, 0.717) is 42.0 Å². The molecular formula is C26H29F2N5O4. The van der Waals surface area contributed by atoms with E-state index >= 15 is 0 Å². The molecule has 2 heterocycles. The van der Waals surface area contributed by atoms with Gasteiger partial charge in [-0.2, -0.15) is 5.10 Å². The largest absolute Gasteiger partial charge is 0.465 e. The highest BCUT2D eigenvalue weighted by Gasteiger charge is 2.31. The lowest BCUT2D eigenvalue weighted by Crippen LogP contribution is -2.45. The maximum Gasteiger partial charge on any atom is 0.337 e. The van der Waals surface area contributed by atoms with Crippen LogP contribution in [0.15, 0.2) is 48.5 Å². The highest BCUT2D eigenvalue weighted by atomic mass is 19.2. The summed E-state index contributed by atoms with van der Waals surface area (Å²) in [5.41, 5.74) is 3.19. The summed E-state index contributed by atoms with van der Waals surface area (Å²) in [5.74, 6) is -2.20. The van der Waals surface area contributed by atoms with E-state index in [0.717, 1.165) is 17.7 Å². The van der Waals surface area contributed by atoms with Crippen molar-refractivity contribution < 1.29 is 27.8 Å². The number of carbonyl (C=O) groups is 2. The Morgan fingerprint density at radius 2 is 1.86 bits per heavy atom. The number of aromatic amines is 1. The Kier molecular flexibility index (Phi) is 8.47. The van der Waals surface area contributed by atoms with Crippen molar-refractivity contribution >= 4 is 12.0 Å². The van der Waals surface area contributed by atoms with Gasteiger partial charge in [-0.15, -0.1) is 0 Å². The molecule has 11 heteroatoms. The summed E-state index contributed by atoms with van der Waals surface area (Å²) in [4.78, 5) is 24.2. The smallest absolute Gasteiger partial charge is 0.337 e. The molecule has 1 aromatic heterocycles. The first-order valence-corrected chi connectivity index (χ1v) is 11.8. The monoisotopic (exact) mass is 513 g/mol. The zero-order chi connectivity index (χ0) is 26.4. The number of aromatic nitrogens is 2. The molecule has 4 N–H and O–H groups in total. The average molecular weight is 514 g/mol. The molecule has 0 radical (unpaired) electrons. The van der Waals surface area contributed by atoms with E-state index in [9.17, 15) is 18.4 Å². The van der Waals surface area contributed by atoms with Crippen LogP contribution in [0.25, 0.3) is 11.3 Å². The molecule has 0 bridgehead atoms. The lowest BCUT2D eigenvalue weighted by atomic mass is 9.93. The second-order valence-electron chi connectivity index (χ2n) is 8.83. The Morgan fingerprint density at radius 3 is 2.57 bits per heavy atom. The maximum atomic E-state index is 13.7. The van der Waals surface area contributed by atoms with E-state index in [4.69, 9.17) is 9.47 Å². The van der Waals surface area contributed by atoms with Gasteiger partial charge >= 0.3 is 12.0 Å². The van der Waals surface area contributed by atoms with Gasteiger partial charge in [0.05, 0.1) is 36.7 Å². The maximum absolute atomic E-state index is 13.7. The van der Waals surface area contributed by atoms with E-state index in [1.165, 1.54) is 20.3 Å². The summed E-state index contributed by atoms with van der Waals surface area (Å²) in [7, 11) is 2.85. The Balaban J connectivity index is 1.29. The van der Waals surface area contributed by atoms with Gasteiger partial charge in [-0.25, -0.2) is 18.4 Å². The number of halogens is 2. The minimum Gasteiger partial charge on any atom is -0.465 e. The van der Waals surface area contributed by atoms with E-state index in [1.807, 2.05) is 6.07 Å². The first kappa shape index (κ1) is 26.2. The molecule has 1 aliphatic heterocycles. The number of methoxy groups -OCH3 is 2. The van der Waals surface area contributed by atoms with Crippen molar-refractivity contribution in [1.29, 1.82) is 0 Å². The van der Waals surface area contributed by atoms with Crippen molar-refractivity contribution in [3.63, 3.8) is 0 Å². The number of urea groups is 1. The number of H-pyrrole nitrogens is 1. The third kappa shape index (κ3) is 6.49. The van der Waals surface area contributed by atoms with Crippen LogP contribution in [0.4, 0.5) is 13.6 Å². The Bertz CT molecular complexity index is 1230. The molecule has 0 spiro atoms. The van der Waals surface area contributed by atoms with Crippen LogP contribution < -0.4 is 16.0 Å². The van der Waals surface area contributed by atoms with Crippen molar-refractivity contribution in [2.45, 2.75) is 25.1 Å². The second kappa shape index (κ2) is 11.9. The van der Waals surface area contributed by atoms with E-state index in [-0.39, 0.29) is 24.5 Å². The van der Waals surface area contributed by atoms with Gasteiger partial charge in [0.2, 0.25) is 0 Å². The molecule has 4 rings (SSSR count). The molecule has 3 unspecified atom stereocenters. The third-order valence-electron chi connectivity index (χ3n) is 6.45. The van der Waals surface area contributed by atoms with Gasteiger partial charge in [0.1, 0.15) is 0 Å². The SMILES string of the molecule is COC(=O)c1ccc(-c2cc(CNC(=O)NC3CNCC3CC(OC)c3ccc(F)c(F)c3)[nH]n2)cc1. The molecule has 1 fully saturated rings. The Hall–Kier alpha value is -3.83. The highest BCUT2D eigenvalue weighted by molar-refractivity contribution is 5.89. The van der Waals surface area contributed by atoms with Gasteiger partial charge in [0.25, 0.3) is 0 Å². The highest BCUT2D eigenvalue weighted by Crippen LogP contribution is 2.29. The topological polar surface area (TPSA) is 117 Å². The molecule has 1 saturated heterocycles. The fourth-order valence-corrected chi connectivity index (χ4v) is 4.40. The number of hydrogen-bond acceptors (Lipinski definition) is 6. The van der Waals surface area contributed by atoms with Crippen LogP contribution in [0.3, 0.4) is 0 Å². The molecule has 196 valence electrons. The minimum absolute atomic E-state index is 0.0375. The van der Waals surface area contributed by atoms with Crippen LogP contribution >= 0.6 is 0 Å². The number of amides is 2. The average Bonchev–Trinajstić information content (AvgIpc) is 3.57. The number of rotatable bonds is 9. The number of nitrogens with zero attached hydrogens (tertiary/aromatic N) is 1. The minimum atomic E-state index is -0.918. The zero-order valence-corrected chi connectivity index (χ0v) is 20.5. The molecule has 2 amide bonds. The van der Waals surface area contributed by atoms with Gasteiger partial charge < -0.3 is 25.4 Å². The summed E-state index contributed by atoms with van der Waals surface area (Å²) >= 11 is 0. The fourth-order valence-electron chi connectivity index (χ4n) is 4.40. The van der Waals surface area contributed by atoms with Crippen molar-refractivity contribution in [3.05, 3.63) is 77.0 Å². The first-order chi connectivity index (χ1) is 17.9. The summed E-state index contributed by atoms with van der Waals surface area (Å²) in [6, 6.07) is 11.9. The predicted molar refractivity (Wildman–Crippen MR) is 132 cm³/mol. The lowest BCUT2D eigenvalue weighted by molar-refractivity contribution is 0.0600. The third-order valence-corrected chi connectivity index (χ3v) is 6.45. The van der Waals surface area contributed by atoms with Crippen LogP contribution in [0.1, 0.15) is 34.1 Å². The number of hydrogen-bond donors (Lipinski definition) is 4. The quantitative estimate of drug-likeness (QED) is 0.326. The van der Waals surface area contributed by atoms with Crippen LogP contribution in [0, 0.1) is 17.6 Å². The zero-order valence-electron chi connectivity index (χ0n) is 20.5. The van der Waals surface area contributed by atoms with Crippen LogP contribution in [-0.4, -0.2) is 55.5 Å². The number of nitrogens with one attached hydrogen (secondary N) is 4. The van der Waals surface area contributed by atoms with Crippen molar-refractivity contribution in [2.24, 2.45) is 5.92 Å². The Morgan fingerprint density at radius 1 is 1.08 bits per heavy atom. The van der Waals surface area contributed by atoms with Crippen LogP contribution in [0.5, 0.6) is 0 Å². The number of benzene rings is 2. The molecule has 3 aromatic rings. The van der Waals surface area contributed by atoms with E-state index in [1.54, 1.807) is 24.3 Å². The summed E-state index contributed by atoms with van der Waals surface area (Å²) in [6.45, 7) is 1.48. The number of carbonyl (C=O) groups excluding carboxylic acids is 2. The number of ether oxygens (including phenoxy) is 2. The molecule has 3 atom stereocenters. The molecule has 9 nitrogen and oxygen atoms in total. The van der Waals surface area contributed by atoms with Crippen molar-refractivity contribution in [1.82, 2.24) is 26.1 Å². The standard InChI is InChI=1S/C26H29F2N5O4/c1-36-24(17-7-8-20(27)21(28)9-17)10-18-12-29-14-23(18)31-26(35)30-13-19-11-22(33-32-19)15-3-5-16(6-4-15)25(34)37-2/h3-9,11,18,23-24,29H,10,12-14H2,1-2H3,(H,32,33)(H2,30,31,35). The van der Waals surface area contributed by atoms with Gasteiger partial charge in [-0.1, -0.05) is 18.2 Å². The van der Waals surface area contributed by atoms with Gasteiger partial charge in [-0.05, 0) is 48.2 Å². The number of esters is 1. The normalized spacial score (nSPS) is 17.8. The summed E-state index contributed by atoms with van der Waals surface area (Å²) in [5, 5.41) is 16.2. The fraction of sp³-hybridized carbons (Fsp3) is 0.346. The van der Waals surface area contributed by atoms with Crippen LogP contribution in [-0.2, 0) is 16.0 Å². The van der Waals surface area contributed by atoms with E-state index < -0.39 is 23.7 Å². The summed E-state index contributed by atoms with van der Waals surface area (Å²) < 4.78 is 37.2. The molecule has 2 aromatic carbocycles. The molecule has 0 saturated carbocycles. The molecule has 1 aliphatic rings. The van der Waals surface area contributed by atoms with Crippen molar-refractivity contribution in [2.75, 3.05) is 27.3 Å². The molecule has 37 heavy (non-hydrogen) atoms. The van der Waals surface area contributed by atoms with Crippen molar-refractivity contribution in [3.8, 4) is 11.3 Å².